The Morgan fingerprint density at radius 1 is 1.26 bits per heavy atom. The van der Waals surface area contributed by atoms with E-state index < -0.39 is 8.32 Å². The summed E-state index contributed by atoms with van der Waals surface area (Å²) in [6.45, 7) is 12.9. The summed E-state index contributed by atoms with van der Waals surface area (Å²) < 4.78 is 18.1. The van der Waals surface area contributed by atoms with Gasteiger partial charge >= 0.3 is 29.6 Å². The van der Waals surface area contributed by atoms with Crippen LogP contribution in [0.4, 0.5) is 0 Å². The second-order valence-electron chi connectivity index (χ2n) is 7.75. The SMILES string of the molecule is CC(C)(C)[Si](C)(C)Oc1cccc2cc(C3CCOC3)oc12.[H-].[Na+]. The monoisotopic (exact) mass is 342 g/mol. The summed E-state index contributed by atoms with van der Waals surface area (Å²) in [6.07, 6.45) is 1.04. The fourth-order valence-corrected chi connectivity index (χ4v) is 3.54. The number of hydrogen-bond donors (Lipinski definition) is 0. The first kappa shape index (κ1) is 19.1. The number of fused-ring (bicyclic) bond motifs is 1. The topological polar surface area (TPSA) is 31.6 Å². The minimum absolute atomic E-state index is 0. The van der Waals surface area contributed by atoms with Gasteiger partial charge in [0.2, 0.25) is 0 Å². The molecule has 1 unspecified atom stereocenters. The van der Waals surface area contributed by atoms with Crippen LogP contribution >= 0.6 is 0 Å². The van der Waals surface area contributed by atoms with Gasteiger partial charge in [-0.3, -0.25) is 0 Å². The number of benzene rings is 1. The number of ether oxygens (including phenoxy) is 1. The zero-order valence-electron chi connectivity index (χ0n) is 16.2. The van der Waals surface area contributed by atoms with Crippen molar-refractivity contribution in [2.75, 3.05) is 13.2 Å². The molecule has 0 aliphatic carbocycles. The van der Waals surface area contributed by atoms with Crippen LogP contribution in [0.2, 0.25) is 18.1 Å². The second-order valence-corrected chi connectivity index (χ2v) is 12.5. The van der Waals surface area contributed by atoms with Crippen molar-refractivity contribution in [3.8, 4) is 5.75 Å². The van der Waals surface area contributed by atoms with Crippen molar-refractivity contribution in [1.29, 1.82) is 0 Å². The van der Waals surface area contributed by atoms with Gasteiger partial charge in [0.05, 0.1) is 6.61 Å². The van der Waals surface area contributed by atoms with Crippen LogP contribution in [0.15, 0.2) is 28.7 Å². The van der Waals surface area contributed by atoms with Crippen LogP contribution < -0.4 is 34.0 Å². The maximum absolute atomic E-state index is 6.47. The van der Waals surface area contributed by atoms with E-state index in [0.717, 1.165) is 42.1 Å². The van der Waals surface area contributed by atoms with Gasteiger partial charge in [-0.2, -0.15) is 0 Å². The average molecular weight is 342 g/mol. The first-order chi connectivity index (χ1) is 10.3. The van der Waals surface area contributed by atoms with Gasteiger partial charge in [-0.25, -0.2) is 0 Å². The number of hydrogen-bond acceptors (Lipinski definition) is 3. The molecule has 23 heavy (non-hydrogen) atoms. The predicted octanol–water partition coefficient (Wildman–Crippen LogP) is 2.44. The third-order valence-electron chi connectivity index (χ3n) is 5.03. The Kier molecular flexibility index (Phi) is 5.74. The van der Waals surface area contributed by atoms with Crippen molar-refractivity contribution in [2.24, 2.45) is 0 Å². The normalized spacial score (nSPS) is 18.9. The molecule has 0 spiro atoms. The van der Waals surface area contributed by atoms with E-state index in [1.807, 2.05) is 6.07 Å². The molecule has 3 rings (SSSR count). The summed E-state index contributed by atoms with van der Waals surface area (Å²) in [5.41, 5.74) is 0.884. The number of para-hydroxylation sites is 1. The van der Waals surface area contributed by atoms with Crippen molar-refractivity contribution in [3.05, 3.63) is 30.0 Å². The predicted molar refractivity (Wildman–Crippen MR) is 93.3 cm³/mol. The molecule has 0 N–H and O–H groups in total. The van der Waals surface area contributed by atoms with Crippen LogP contribution in [0.5, 0.6) is 5.75 Å². The van der Waals surface area contributed by atoms with Gasteiger partial charge in [0, 0.05) is 17.9 Å². The number of furan rings is 1. The zero-order valence-corrected chi connectivity index (χ0v) is 18.2. The van der Waals surface area contributed by atoms with E-state index in [9.17, 15) is 0 Å². The molecule has 2 aromatic rings. The molecule has 5 heteroatoms. The summed E-state index contributed by atoms with van der Waals surface area (Å²) in [5, 5.41) is 1.29. The van der Waals surface area contributed by atoms with Crippen LogP contribution in [0.1, 0.15) is 40.3 Å². The van der Waals surface area contributed by atoms with Gasteiger partial charge < -0.3 is 15.0 Å². The molecule has 1 atom stereocenters. The molecule has 0 amide bonds. The maximum atomic E-state index is 6.47. The molecule has 0 radical (unpaired) electrons. The van der Waals surface area contributed by atoms with Crippen molar-refractivity contribution in [2.45, 2.75) is 51.2 Å². The Morgan fingerprint density at radius 3 is 2.61 bits per heavy atom. The molecule has 3 nitrogen and oxygen atoms in total. The third-order valence-corrected chi connectivity index (χ3v) is 9.37. The molecular weight excluding hydrogens is 315 g/mol. The minimum Gasteiger partial charge on any atom is -1.00 e. The summed E-state index contributed by atoms with van der Waals surface area (Å²) >= 11 is 0. The van der Waals surface area contributed by atoms with Gasteiger partial charge in [-0.05, 0) is 36.7 Å². The largest absolute Gasteiger partial charge is 1.00 e. The van der Waals surface area contributed by atoms with Crippen LogP contribution in [0.25, 0.3) is 11.0 Å². The molecule has 1 aliphatic rings. The molecule has 0 bridgehead atoms. The van der Waals surface area contributed by atoms with Crippen LogP contribution in [-0.2, 0) is 4.74 Å². The summed E-state index contributed by atoms with van der Waals surface area (Å²) in [4.78, 5) is 0. The Morgan fingerprint density at radius 2 is 2.00 bits per heavy atom. The smallest absolute Gasteiger partial charge is 1.00 e. The average Bonchev–Trinajstić information content (AvgIpc) is 3.06. The quantitative estimate of drug-likeness (QED) is 0.803. The van der Waals surface area contributed by atoms with Gasteiger partial charge in [0.1, 0.15) is 11.5 Å². The fourth-order valence-electron chi connectivity index (χ4n) is 2.52. The third kappa shape index (κ3) is 3.88. The molecule has 1 fully saturated rings. The first-order valence-electron chi connectivity index (χ1n) is 8.07. The Hall–Kier alpha value is -0.263. The molecule has 0 saturated carbocycles. The minimum atomic E-state index is -1.87. The van der Waals surface area contributed by atoms with Crippen LogP contribution in [-0.4, -0.2) is 21.5 Å². The van der Waals surface area contributed by atoms with Crippen molar-refractivity contribution < 1.29 is 44.6 Å². The van der Waals surface area contributed by atoms with E-state index in [0.29, 0.717) is 5.92 Å². The summed E-state index contributed by atoms with van der Waals surface area (Å²) in [7, 11) is -1.87. The van der Waals surface area contributed by atoms with E-state index in [1.165, 1.54) is 0 Å². The standard InChI is InChI=1S/C18H26O3Si.Na.H/c1-18(2,3)22(4,5)21-15-8-6-7-13-11-16(20-17(13)15)14-9-10-19-12-14;;/h6-8,11,14H,9-10,12H2,1-5H3;;/q;+1;-1. The molecule has 122 valence electrons. The summed E-state index contributed by atoms with van der Waals surface area (Å²) in [6, 6.07) is 8.32. The molecule has 2 heterocycles. The van der Waals surface area contributed by atoms with Crippen LogP contribution in [0.3, 0.4) is 0 Å². The molecule has 1 aromatic carbocycles. The van der Waals surface area contributed by atoms with E-state index in [4.69, 9.17) is 13.6 Å². The van der Waals surface area contributed by atoms with Gasteiger partial charge in [-0.15, -0.1) is 0 Å². The van der Waals surface area contributed by atoms with Gasteiger partial charge in [0.15, 0.2) is 5.58 Å². The van der Waals surface area contributed by atoms with E-state index in [-0.39, 0.29) is 36.0 Å². The second kappa shape index (κ2) is 6.93. The van der Waals surface area contributed by atoms with Crippen molar-refractivity contribution in [1.82, 2.24) is 0 Å². The molecule has 1 aromatic heterocycles. The van der Waals surface area contributed by atoms with Crippen molar-refractivity contribution in [3.63, 3.8) is 0 Å². The summed E-state index contributed by atoms with van der Waals surface area (Å²) in [5.74, 6) is 2.29. The van der Waals surface area contributed by atoms with Crippen LogP contribution in [0, 0.1) is 0 Å². The Labute approximate surface area is 163 Å². The van der Waals surface area contributed by atoms with E-state index >= 15 is 0 Å². The van der Waals surface area contributed by atoms with E-state index in [1.54, 1.807) is 0 Å². The molecular formula is C18H27NaO3Si. The zero-order chi connectivity index (χ0) is 16.0. The maximum Gasteiger partial charge on any atom is 1.00 e. The Bertz CT molecular complexity index is 672. The molecule has 1 aliphatic heterocycles. The van der Waals surface area contributed by atoms with E-state index in [2.05, 4.69) is 52.1 Å². The van der Waals surface area contributed by atoms with Gasteiger partial charge in [-0.1, -0.05) is 32.9 Å². The fraction of sp³-hybridized carbons (Fsp3) is 0.556. The van der Waals surface area contributed by atoms with Gasteiger partial charge in [0.25, 0.3) is 8.32 Å². The molecule has 1 saturated heterocycles. The van der Waals surface area contributed by atoms with Crippen molar-refractivity contribution >= 4 is 19.3 Å². The number of rotatable bonds is 3. The Balaban J connectivity index is 0.00000144. The first-order valence-corrected chi connectivity index (χ1v) is 11.0.